The zero-order chi connectivity index (χ0) is 25.3. The first kappa shape index (κ1) is 22.8. The molecule has 2 fully saturated rings. The third-order valence-electron chi connectivity index (χ3n) is 7.54. The predicted octanol–water partition coefficient (Wildman–Crippen LogP) is 4.42. The number of fused-ring (bicyclic) bond motifs is 4. The van der Waals surface area contributed by atoms with Crippen LogP contribution in [-0.4, -0.2) is 51.9 Å². The van der Waals surface area contributed by atoms with E-state index in [0.29, 0.717) is 45.4 Å². The fraction of sp³-hybridized carbons (Fsp3) is 0.346. The molecule has 0 amide bonds. The molecule has 36 heavy (non-hydrogen) atoms. The molecule has 2 N–H and O–H groups in total. The second-order valence-electron chi connectivity index (χ2n) is 9.51. The van der Waals surface area contributed by atoms with Crippen LogP contribution in [0.5, 0.6) is 11.8 Å². The summed E-state index contributed by atoms with van der Waals surface area (Å²) in [5.74, 6) is -0.207. The Morgan fingerprint density at radius 1 is 1.22 bits per heavy atom. The van der Waals surface area contributed by atoms with Crippen molar-refractivity contribution < 1.29 is 14.2 Å². The molecule has 2 aromatic heterocycles. The van der Waals surface area contributed by atoms with Gasteiger partial charge in [-0.3, -0.25) is 0 Å². The summed E-state index contributed by atoms with van der Waals surface area (Å²) in [5, 5.41) is 24.9. The molecule has 0 aliphatic carbocycles. The summed E-state index contributed by atoms with van der Waals surface area (Å²) in [4.78, 5) is 11.1. The van der Waals surface area contributed by atoms with Crippen LogP contribution in [0.1, 0.15) is 24.1 Å². The van der Waals surface area contributed by atoms with Crippen LogP contribution >= 0.6 is 11.6 Å². The van der Waals surface area contributed by atoms with Gasteiger partial charge in [0.2, 0.25) is 0 Å². The molecule has 6 rings (SSSR count). The number of nitrogens with zero attached hydrogens (tertiary/aromatic N) is 5. The van der Waals surface area contributed by atoms with E-state index in [1.54, 1.807) is 12.1 Å². The first-order chi connectivity index (χ1) is 17.3. The second kappa shape index (κ2) is 8.22. The Hall–Kier alpha value is -3.61. The zero-order valence-corrected chi connectivity index (χ0v) is 20.8. The van der Waals surface area contributed by atoms with Crippen molar-refractivity contribution in [1.82, 2.24) is 19.9 Å². The summed E-state index contributed by atoms with van der Waals surface area (Å²) < 4.78 is 23.7. The van der Waals surface area contributed by atoms with Gasteiger partial charge in [-0.1, -0.05) is 11.6 Å². The smallest absolute Gasteiger partial charge is 0.318 e. The van der Waals surface area contributed by atoms with E-state index in [-0.39, 0.29) is 33.4 Å². The average molecular weight is 507 g/mol. The number of benzene rings is 2. The molecule has 0 spiro atoms. The molecule has 2 atom stereocenters. The van der Waals surface area contributed by atoms with Gasteiger partial charge in [-0.05, 0) is 38.0 Å². The molecule has 2 saturated heterocycles. The van der Waals surface area contributed by atoms with Crippen molar-refractivity contribution in [3.8, 4) is 29.0 Å². The highest BCUT2D eigenvalue weighted by atomic mass is 35.5. The van der Waals surface area contributed by atoms with Crippen molar-refractivity contribution in [1.29, 1.82) is 5.26 Å². The van der Waals surface area contributed by atoms with Crippen LogP contribution in [0.25, 0.3) is 32.9 Å². The number of hydrogen-bond donors (Lipinski definition) is 2. The lowest BCUT2D eigenvalue weighted by Crippen LogP contribution is -2.51. The molecular formula is C26H24ClFN6O2. The van der Waals surface area contributed by atoms with E-state index in [9.17, 15) is 10.4 Å². The van der Waals surface area contributed by atoms with Crippen molar-refractivity contribution in [2.24, 2.45) is 7.05 Å². The first-order valence-corrected chi connectivity index (χ1v) is 12.2. The Kier molecular flexibility index (Phi) is 5.21. The number of aromatic nitrogens is 3. The van der Waals surface area contributed by atoms with E-state index in [4.69, 9.17) is 16.3 Å². The molecule has 2 unspecified atom stereocenters. The minimum Gasteiger partial charge on any atom is -0.507 e. The van der Waals surface area contributed by atoms with E-state index in [2.05, 4.69) is 26.3 Å². The molecule has 4 aromatic rings. The fourth-order valence-corrected chi connectivity index (χ4v) is 6.04. The fourth-order valence-electron chi connectivity index (χ4n) is 5.75. The Balaban J connectivity index is 1.65. The van der Waals surface area contributed by atoms with Gasteiger partial charge < -0.3 is 24.6 Å². The Labute approximate surface area is 211 Å². The molecule has 184 valence electrons. The third kappa shape index (κ3) is 3.21. The molecule has 2 aliphatic rings. The molecule has 2 aliphatic heterocycles. The van der Waals surface area contributed by atoms with Crippen molar-refractivity contribution in [2.45, 2.75) is 31.8 Å². The van der Waals surface area contributed by atoms with Gasteiger partial charge in [-0.15, -0.1) is 0 Å². The molecule has 0 saturated carbocycles. The third-order valence-corrected chi connectivity index (χ3v) is 7.84. The van der Waals surface area contributed by atoms with Gasteiger partial charge in [-0.2, -0.15) is 15.2 Å². The van der Waals surface area contributed by atoms with Gasteiger partial charge in [0.05, 0.1) is 17.6 Å². The SMILES string of the molecule is COc1nc(N2CC3CCC(C2)N3)c2cc(Cl)c(-c3c(C)n(C)c4ccc(O)c(C#N)c34)c(F)c2n1. The number of aromatic hydroxyl groups is 1. The van der Waals surface area contributed by atoms with Crippen LogP contribution in [-0.2, 0) is 7.05 Å². The maximum absolute atomic E-state index is 16.5. The summed E-state index contributed by atoms with van der Waals surface area (Å²) >= 11 is 6.80. The summed E-state index contributed by atoms with van der Waals surface area (Å²) in [6.07, 6.45) is 2.18. The lowest BCUT2D eigenvalue weighted by Gasteiger charge is -2.34. The number of nitrogens with one attached hydrogen (secondary N) is 1. The number of phenols is 1. The number of hydrogen-bond acceptors (Lipinski definition) is 7. The van der Waals surface area contributed by atoms with E-state index < -0.39 is 5.82 Å². The van der Waals surface area contributed by atoms with Gasteiger partial charge in [0.25, 0.3) is 0 Å². The maximum atomic E-state index is 16.5. The van der Waals surface area contributed by atoms with Crippen LogP contribution in [0.2, 0.25) is 5.02 Å². The lowest BCUT2D eigenvalue weighted by molar-refractivity contribution is 0.380. The summed E-state index contributed by atoms with van der Waals surface area (Å²) in [6, 6.07) is 7.71. The minimum absolute atomic E-state index is 0.0685. The standard InChI is InChI=1S/C26H24ClFN6O2/c1-12-20(21-16(9-29)19(35)7-6-18(21)33(12)2)22-17(27)8-15-24(23(22)28)31-26(36-3)32-25(15)34-10-13-4-5-14(11-34)30-13/h6-8,13-14,30,35H,4-5,10-11H2,1-3H3. The van der Waals surface area contributed by atoms with E-state index in [0.717, 1.165) is 25.9 Å². The van der Waals surface area contributed by atoms with Crippen LogP contribution < -0.4 is 15.0 Å². The number of nitriles is 1. The van der Waals surface area contributed by atoms with E-state index >= 15 is 4.39 Å². The number of anilines is 1. The monoisotopic (exact) mass is 506 g/mol. The molecule has 10 heteroatoms. The van der Waals surface area contributed by atoms with E-state index in [1.807, 2.05) is 18.5 Å². The molecule has 4 heterocycles. The minimum atomic E-state index is -0.625. The topological polar surface area (TPSA) is 99.2 Å². The van der Waals surface area contributed by atoms with Crippen LogP contribution in [0, 0.1) is 24.1 Å². The van der Waals surface area contributed by atoms with Crippen molar-refractivity contribution in [3.05, 3.63) is 40.3 Å². The number of piperazine rings is 1. The summed E-state index contributed by atoms with van der Waals surface area (Å²) in [7, 11) is 3.28. The van der Waals surface area contributed by atoms with Crippen molar-refractivity contribution in [3.63, 3.8) is 0 Å². The van der Waals surface area contributed by atoms with E-state index in [1.165, 1.54) is 13.2 Å². The Morgan fingerprint density at radius 2 is 1.94 bits per heavy atom. The van der Waals surface area contributed by atoms with Gasteiger partial charge in [0, 0.05) is 59.8 Å². The molecule has 2 aromatic carbocycles. The summed E-state index contributed by atoms with van der Waals surface area (Å²) in [5.41, 5.74) is 2.12. The predicted molar refractivity (Wildman–Crippen MR) is 136 cm³/mol. The molecule has 0 radical (unpaired) electrons. The highest BCUT2D eigenvalue weighted by molar-refractivity contribution is 6.35. The number of ether oxygens (including phenoxy) is 1. The zero-order valence-electron chi connectivity index (χ0n) is 20.1. The van der Waals surface area contributed by atoms with Gasteiger partial charge in [0.15, 0.2) is 5.82 Å². The maximum Gasteiger partial charge on any atom is 0.318 e. The molecule has 2 bridgehead atoms. The van der Waals surface area contributed by atoms with Crippen LogP contribution in [0.4, 0.5) is 10.2 Å². The summed E-state index contributed by atoms with van der Waals surface area (Å²) in [6.45, 7) is 3.33. The van der Waals surface area contributed by atoms with Crippen molar-refractivity contribution >= 4 is 39.2 Å². The number of phenolic OH excluding ortho intramolecular Hbond substituents is 1. The highest BCUT2D eigenvalue weighted by Gasteiger charge is 2.34. The lowest BCUT2D eigenvalue weighted by atomic mass is 9.96. The highest BCUT2D eigenvalue weighted by Crippen LogP contribution is 2.45. The quantitative estimate of drug-likeness (QED) is 0.424. The first-order valence-electron chi connectivity index (χ1n) is 11.8. The normalized spacial score (nSPS) is 19.3. The largest absolute Gasteiger partial charge is 0.507 e. The van der Waals surface area contributed by atoms with Crippen LogP contribution in [0.15, 0.2) is 18.2 Å². The van der Waals surface area contributed by atoms with Crippen molar-refractivity contribution in [2.75, 3.05) is 25.1 Å². The van der Waals surface area contributed by atoms with Gasteiger partial charge in [-0.25, -0.2) is 4.39 Å². The molecule has 8 nitrogen and oxygen atoms in total. The van der Waals surface area contributed by atoms with Gasteiger partial charge >= 0.3 is 6.01 Å². The number of rotatable bonds is 3. The van der Waals surface area contributed by atoms with Crippen LogP contribution in [0.3, 0.4) is 0 Å². The van der Waals surface area contributed by atoms with Gasteiger partial charge in [0.1, 0.15) is 28.7 Å². The number of methoxy groups -OCH3 is 1. The second-order valence-corrected chi connectivity index (χ2v) is 9.91. The Bertz CT molecular complexity index is 1600. The molecular weight excluding hydrogens is 483 g/mol. The number of halogens is 2. The Morgan fingerprint density at radius 3 is 2.61 bits per heavy atom. The average Bonchev–Trinajstić information content (AvgIpc) is 3.33. The number of aryl methyl sites for hydroxylation is 1.